The van der Waals surface area contributed by atoms with Gasteiger partial charge in [0.25, 0.3) is 0 Å². The van der Waals surface area contributed by atoms with Crippen molar-refractivity contribution in [2.24, 2.45) is 18.9 Å². The Morgan fingerprint density at radius 3 is 2.92 bits per heavy atom. The SMILES string of the molecule is C[C@@H]1C[C@H]1C(=O)Nc1cn(C)nn1. The smallest absolute Gasteiger partial charge is 0.229 e. The van der Waals surface area contributed by atoms with Crippen LogP contribution in [0.5, 0.6) is 0 Å². The fraction of sp³-hybridized carbons (Fsp3) is 0.625. The van der Waals surface area contributed by atoms with E-state index in [1.165, 1.54) is 0 Å². The molecule has 0 unspecified atom stereocenters. The highest BCUT2D eigenvalue weighted by atomic mass is 16.2. The van der Waals surface area contributed by atoms with Gasteiger partial charge in [0.1, 0.15) is 0 Å². The summed E-state index contributed by atoms with van der Waals surface area (Å²) < 4.78 is 1.56. The molecule has 2 rings (SSSR count). The quantitative estimate of drug-likeness (QED) is 0.717. The van der Waals surface area contributed by atoms with Crippen molar-refractivity contribution in [1.29, 1.82) is 0 Å². The van der Waals surface area contributed by atoms with Crippen LogP contribution in [0.1, 0.15) is 13.3 Å². The van der Waals surface area contributed by atoms with Gasteiger partial charge in [0.2, 0.25) is 5.91 Å². The number of hydrogen-bond donors (Lipinski definition) is 1. The minimum absolute atomic E-state index is 0.0630. The van der Waals surface area contributed by atoms with Crippen molar-refractivity contribution in [2.75, 3.05) is 5.32 Å². The molecule has 13 heavy (non-hydrogen) atoms. The predicted molar refractivity (Wildman–Crippen MR) is 46.9 cm³/mol. The van der Waals surface area contributed by atoms with Crippen LogP contribution in [-0.4, -0.2) is 20.9 Å². The molecule has 5 nitrogen and oxygen atoms in total. The molecule has 1 heterocycles. The summed E-state index contributed by atoms with van der Waals surface area (Å²) >= 11 is 0. The van der Waals surface area contributed by atoms with Gasteiger partial charge in [0.05, 0.1) is 6.20 Å². The van der Waals surface area contributed by atoms with Crippen LogP contribution in [-0.2, 0) is 11.8 Å². The number of nitrogens with zero attached hydrogens (tertiary/aromatic N) is 3. The van der Waals surface area contributed by atoms with Crippen molar-refractivity contribution in [2.45, 2.75) is 13.3 Å². The van der Waals surface area contributed by atoms with Crippen LogP contribution >= 0.6 is 0 Å². The second-order valence-electron chi connectivity index (χ2n) is 3.59. The monoisotopic (exact) mass is 180 g/mol. The summed E-state index contributed by atoms with van der Waals surface area (Å²) in [5, 5.41) is 10.2. The topological polar surface area (TPSA) is 59.8 Å². The minimum Gasteiger partial charge on any atom is -0.308 e. The highest BCUT2D eigenvalue weighted by Gasteiger charge is 2.39. The molecule has 1 amide bonds. The largest absolute Gasteiger partial charge is 0.308 e. The number of rotatable bonds is 2. The molecule has 1 aromatic rings. The third-order valence-electron chi connectivity index (χ3n) is 2.30. The minimum atomic E-state index is 0.0630. The van der Waals surface area contributed by atoms with E-state index < -0.39 is 0 Å². The highest BCUT2D eigenvalue weighted by molar-refractivity contribution is 5.93. The molecule has 1 aliphatic carbocycles. The normalized spacial score (nSPS) is 25.7. The lowest BCUT2D eigenvalue weighted by Gasteiger charge is -1.97. The van der Waals surface area contributed by atoms with E-state index in [-0.39, 0.29) is 11.8 Å². The summed E-state index contributed by atoms with van der Waals surface area (Å²) in [7, 11) is 1.77. The van der Waals surface area contributed by atoms with E-state index in [2.05, 4.69) is 22.6 Å². The fourth-order valence-corrected chi connectivity index (χ4v) is 1.31. The zero-order valence-electron chi connectivity index (χ0n) is 7.69. The molecule has 0 radical (unpaired) electrons. The van der Waals surface area contributed by atoms with Crippen LogP contribution in [0.25, 0.3) is 0 Å². The maximum atomic E-state index is 11.4. The van der Waals surface area contributed by atoms with Crippen molar-refractivity contribution < 1.29 is 4.79 Å². The number of nitrogens with one attached hydrogen (secondary N) is 1. The second-order valence-corrected chi connectivity index (χ2v) is 3.59. The molecular weight excluding hydrogens is 168 g/mol. The molecule has 1 saturated carbocycles. The van der Waals surface area contributed by atoms with Crippen molar-refractivity contribution in [3.05, 3.63) is 6.20 Å². The Morgan fingerprint density at radius 1 is 1.77 bits per heavy atom. The van der Waals surface area contributed by atoms with Crippen LogP contribution in [0.4, 0.5) is 5.82 Å². The molecular formula is C8H12N4O. The summed E-state index contributed by atoms with van der Waals surface area (Å²) in [6, 6.07) is 0. The molecule has 0 spiro atoms. The molecule has 0 aromatic carbocycles. The van der Waals surface area contributed by atoms with Crippen molar-refractivity contribution in [1.82, 2.24) is 15.0 Å². The average Bonchev–Trinajstić information content (AvgIpc) is 2.66. The van der Waals surface area contributed by atoms with E-state index in [1.807, 2.05) is 0 Å². The Kier molecular flexibility index (Phi) is 1.79. The van der Waals surface area contributed by atoms with Crippen LogP contribution in [0, 0.1) is 11.8 Å². The summed E-state index contributed by atoms with van der Waals surface area (Å²) in [4.78, 5) is 11.4. The van der Waals surface area contributed by atoms with Gasteiger partial charge in [-0.2, -0.15) is 0 Å². The Morgan fingerprint density at radius 2 is 2.46 bits per heavy atom. The van der Waals surface area contributed by atoms with Crippen molar-refractivity contribution in [3.63, 3.8) is 0 Å². The second kappa shape index (κ2) is 2.83. The predicted octanol–water partition coefficient (Wildman–Crippen LogP) is 0.410. The maximum Gasteiger partial charge on any atom is 0.229 e. The first-order chi connectivity index (χ1) is 6.16. The Balaban J connectivity index is 1.95. The number of hydrogen-bond acceptors (Lipinski definition) is 3. The van der Waals surface area contributed by atoms with Gasteiger partial charge in [-0.15, -0.1) is 5.10 Å². The molecule has 2 atom stereocenters. The van der Waals surface area contributed by atoms with Gasteiger partial charge in [0, 0.05) is 13.0 Å². The van der Waals surface area contributed by atoms with Crippen LogP contribution in [0.3, 0.4) is 0 Å². The van der Waals surface area contributed by atoms with Crippen molar-refractivity contribution in [3.8, 4) is 0 Å². The number of amides is 1. The Labute approximate surface area is 76.1 Å². The van der Waals surface area contributed by atoms with E-state index >= 15 is 0 Å². The number of carbonyl (C=O) groups excluding carboxylic acids is 1. The fourth-order valence-electron chi connectivity index (χ4n) is 1.31. The molecule has 0 aliphatic heterocycles. The first-order valence-electron chi connectivity index (χ1n) is 4.34. The number of anilines is 1. The lowest BCUT2D eigenvalue weighted by atomic mass is 10.3. The molecule has 5 heteroatoms. The first-order valence-corrected chi connectivity index (χ1v) is 4.34. The molecule has 0 saturated heterocycles. The summed E-state index contributed by atoms with van der Waals surface area (Å²) in [6.45, 7) is 2.07. The molecule has 1 aromatic heterocycles. The zero-order valence-corrected chi connectivity index (χ0v) is 7.69. The highest BCUT2D eigenvalue weighted by Crippen LogP contribution is 2.38. The van der Waals surface area contributed by atoms with E-state index in [9.17, 15) is 4.79 Å². The van der Waals surface area contributed by atoms with Gasteiger partial charge in [-0.25, -0.2) is 0 Å². The van der Waals surface area contributed by atoms with E-state index in [1.54, 1.807) is 17.9 Å². The number of aromatic nitrogens is 3. The third-order valence-corrected chi connectivity index (χ3v) is 2.30. The maximum absolute atomic E-state index is 11.4. The first kappa shape index (κ1) is 8.22. The average molecular weight is 180 g/mol. The molecule has 1 aliphatic rings. The van der Waals surface area contributed by atoms with Gasteiger partial charge >= 0.3 is 0 Å². The van der Waals surface area contributed by atoms with Crippen molar-refractivity contribution >= 4 is 11.7 Å². The van der Waals surface area contributed by atoms with Gasteiger partial charge in [-0.1, -0.05) is 12.1 Å². The lowest BCUT2D eigenvalue weighted by Crippen LogP contribution is -2.14. The summed E-state index contributed by atoms with van der Waals surface area (Å²) in [5.74, 6) is 1.30. The van der Waals surface area contributed by atoms with Gasteiger partial charge in [-0.05, 0) is 12.3 Å². The van der Waals surface area contributed by atoms with E-state index in [0.717, 1.165) is 6.42 Å². The van der Waals surface area contributed by atoms with Gasteiger partial charge in [-0.3, -0.25) is 9.48 Å². The standard InChI is InChI=1S/C8H12N4O/c1-5-3-6(5)8(13)9-7-4-12(2)11-10-7/h4-6H,3H2,1-2H3,(H,9,13)/t5-,6-/m1/s1. The van der Waals surface area contributed by atoms with Crippen LogP contribution in [0.15, 0.2) is 6.20 Å². The summed E-state index contributed by atoms with van der Waals surface area (Å²) in [5.41, 5.74) is 0. The molecule has 1 N–H and O–H groups in total. The lowest BCUT2D eigenvalue weighted by molar-refractivity contribution is -0.117. The Hall–Kier alpha value is -1.39. The summed E-state index contributed by atoms with van der Waals surface area (Å²) in [6.07, 6.45) is 2.68. The molecule has 0 bridgehead atoms. The van der Waals surface area contributed by atoms with Gasteiger partial charge in [0.15, 0.2) is 5.82 Å². The van der Waals surface area contributed by atoms with Crippen LogP contribution < -0.4 is 5.32 Å². The van der Waals surface area contributed by atoms with Gasteiger partial charge < -0.3 is 5.32 Å². The van der Waals surface area contributed by atoms with E-state index in [4.69, 9.17) is 0 Å². The Bertz CT molecular complexity index is 333. The number of carbonyl (C=O) groups is 1. The molecule has 70 valence electrons. The van der Waals surface area contributed by atoms with Crippen LogP contribution in [0.2, 0.25) is 0 Å². The van der Waals surface area contributed by atoms with E-state index in [0.29, 0.717) is 11.7 Å². The molecule has 1 fully saturated rings. The zero-order chi connectivity index (χ0) is 9.42. The third kappa shape index (κ3) is 1.68. The number of aryl methyl sites for hydroxylation is 1.